The monoisotopic (exact) mass is 259 g/mol. The maximum absolute atomic E-state index is 11.9. The van der Waals surface area contributed by atoms with Gasteiger partial charge in [-0.3, -0.25) is 4.79 Å². The van der Waals surface area contributed by atoms with Gasteiger partial charge in [0, 0.05) is 6.54 Å². The van der Waals surface area contributed by atoms with Gasteiger partial charge in [0.2, 0.25) is 0 Å². The molecule has 0 spiro atoms. The molecule has 5 nitrogen and oxygen atoms in total. The van der Waals surface area contributed by atoms with E-state index in [1.807, 2.05) is 18.2 Å². The molecule has 3 rings (SSSR count). The number of fused-ring (bicyclic) bond motifs is 1. The number of hydrogen-bond acceptors (Lipinski definition) is 4. The first kappa shape index (κ1) is 12.3. The smallest absolute Gasteiger partial charge is 0.258 e. The van der Waals surface area contributed by atoms with Crippen LogP contribution in [-0.2, 0) is 11.3 Å². The summed E-state index contributed by atoms with van der Waals surface area (Å²) in [6.45, 7) is 2.29. The highest BCUT2D eigenvalue weighted by Gasteiger charge is 2.13. The lowest BCUT2D eigenvalue weighted by atomic mass is 10.1. The molecule has 1 aliphatic rings. The molecule has 1 aromatic heterocycles. The average molecular weight is 259 g/mol. The van der Waals surface area contributed by atoms with Gasteiger partial charge in [-0.05, 0) is 31.5 Å². The first-order valence-electron chi connectivity index (χ1n) is 6.63. The summed E-state index contributed by atoms with van der Waals surface area (Å²) < 4.78 is 5.78. The van der Waals surface area contributed by atoms with Gasteiger partial charge in [-0.25, -0.2) is 4.98 Å². The van der Waals surface area contributed by atoms with Gasteiger partial charge >= 0.3 is 0 Å². The summed E-state index contributed by atoms with van der Waals surface area (Å²) in [6, 6.07) is 7.33. The summed E-state index contributed by atoms with van der Waals surface area (Å²) in [6.07, 6.45) is 2.41. The molecule has 1 atom stereocenters. The van der Waals surface area contributed by atoms with Gasteiger partial charge in [-0.2, -0.15) is 0 Å². The number of hydrogen-bond donors (Lipinski definition) is 2. The SMILES string of the molecule is O=c1[nH]c(CO[C@H]2CCCNC2)nc2ccccc12. The fourth-order valence-corrected chi connectivity index (χ4v) is 2.36. The molecule has 0 aliphatic carbocycles. The van der Waals surface area contributed by atoms with Crippen molar-refractivity contribution >= 4 is 10.9 Å². The number of aromatic nitrogens is 2. The van der Waals surface area contributed by atoms with E-state index in [1.165, 1.54) is 0 Å². The molecular formula is C14H17N3O2. The summed E-state index contributed by atoms with van der Waals surface area (Å²) in [5, 5.41) is 3.91. The van der Waals surface area contributed by atoms with Crippen LogP contribution in [0.2, 0.25) is 0 Å². The molecule has 0 amide bonds. The zero-order valence-electron chi connectivity index (χ0n) is 10.7. The summed E-state index contributed by atoms with van der Waals surface area (Å²) >= 11 is 0. The van der Waals surface area contributed by atoms with E-state index in [-0.39, 0.29) is 11.7 Å². The van der Waals surface area contributed by atoms with Crippen molar-refractivity contribution in [2.75, 3.05) is 13.1 Å². The predicted molar refractivity (Wildman–Crippen MR) is 73.0 cm³/mol. The Morgan fingerprint density at radius 1 is 1.37 bits per heavy atom. The Labute approximate surface area is 111 Å². The quantitative estimate of drug-likeness (QED) is 0.869. The lowest BCUT2D eigenvalue weighted by Gasteiger charge is -2.22. The fraction of sp³-hybridized carbons (Fsp3) is 0.429. The highest BCUT2D eigenvalue weighted by molar-refractivity contribution is 5.77. The zero-order valence-corrected chi connectivity index (χ0v) is 10.7. The van der Waals surface area contributed by atoms with Crippen LogP contribution in [0.15, 0.2) is 29.1 Å². The van der Waals surface area contributed by atoms with E-state index in [0.717, 1.165) is 25.9 Å². The van der Waals surface area contributed by atoms with Crippen molar-refractivity contribution in [1.29, 1.82) is 0 Å². The number of benzene rings is 1. The highest BCUT2D eigenvalue weighted by Crippen LogP contribution is 2.09. The van der Waals surface area contributed by atoms with Crippen molar-refractivity contribution < 1.29 is 4.74 Å². The Morgan fingerprint density at radius 2 is 2.26 bits per heavy atom. The van der Waals surface area contributed by atoms with Gasteiger partial charge < -0.3 is 15.0 Å². The van der Waals surface area contributed by atoms with Crippen LogP contribution in [0, 0.1) is 0 Å². The van der Waals surface area contributed by atoms with Gasteiger partial charge in [0.15, 0.2) is 0 Å². The van der Waals surface area contributed by atoms with Crippen LogP contribution in [-0.4, -0.2) is 29.2 Å². The molecular weight excluding hydrogens is 242 g/mol. The van der Waals surface area contributed by atoms with Crippen LogP contribution >= 0.6 is 0 Å². The minimum Gasteiger partial charge on any atom is -0.369 e. The average Bonchev–Trinajstić information content (AvgIpc) is 2.46. The van der Waals surface area contributed by atoms with Crippen molar-refractivity contribution in [3.63, 3.8) is 0 Å². The Hall–Kier alpha value is -1.72. The Balaban J connectivity index is 1.75. The second-order valence-corrected chi connectivity index (χ2v) is 4.81. The molecule has 1 saturated heterocycles. The highest BCUT2D eigenvalue weighted by atomic mass is 16.5. The van der Waals surface area contributed by atoms with E-state index in [1.54, 1.807) is 6.07 Å². The van der Waals surface area contributed by atoms with Crippen LogP contribution < -0.4 is 10.9 Å². The number of nitrogens with one attached hydrogen (secondary N) is 2. The summed E-state index contributed by atoms with van der Waals surface area (Å²) in [5.74, 6) is 0.592. The third kappa shape index (κ3) is 2.83. The Bertz CT molecular complexity index is 617. The fourth-order valence-electron chi connectivity index (χ4n) is 2.36. The molecule has 2 heterocycles. The van der Waals surface area contributed by atoms with Crippen LogP contribution in [0.3, 0.4) is 0 Å². The predicted octanol–water partition coefficient (Wildman–Crippen LogP) is 1.19. The minimum atomic E-state index is -0.106. The third-order valence-electron chi connectivity index (χ3n) is 3.37. The second kappa shape index (κ2) is 5.50. The second-order valence-electron chi connectivity index (χ2n) is 4.81. The lowest BCUT2D eigenvalue weighted by Crippen LogP contribution is -2.35. The van der Waals surface area contributed by atoms with Gasteiger partial charge in [0.1, 0.15) is 12.4 Å². The lowest BCUT2D eigenvalue weighted by molar-refractivity contribution is 0.0218. The molecule has 1 aromatic carbocycles. The molecule has 2 aromatic rings. The standard InChI is InChI=1S/C14H17N3O2/c18-14-11-5-1-2-6-12(11)16-13(17-14)9-19-10-4-3-7-15-8-10/h1-2,5-6,10,15H,3-4,7-9H2,(H,16,17,18)/t10-/m0/s1. The number of rotatable bonds is 3. The normalized spacial score (nSPS) is 19.7. The summed E-state index contributed by atoms with van der Waals surface area (Å²) in [5.41, 5.74) is 0.609. The number of ether oxygens (including phenoxy) is 1. The van der Waals surface area contributed by atoms with Crippen LogP contribution in [0.4, 0.5) is 0 Å². The molecule has 0 unspecified atom stereocenters. The number of para-hydroxylation sites is 1. The van der Waals surface area contributed by atoms with Crippen molar-refractivity contribution in [1.82, 2.24) is 15.3 Å². The van der Waals surface area contributed by atoms with Crippen molar-refractivity contribution in [3.05, 3.63) is 40.4 Å². The molecule has 19 heavy (non-hydrogen) atoms. The van der Waals surface area contributed by atoms with Crippen LogP contribution in [0.1, 0.15) is 18.7 Å². The maximum atomic E-state index is 11.9. The van der Waals surface area contributed by atoms with Crippen molar-refractivity contribution in [2.45, 2.75) is 25.6 Å². The largest absolute Gasteiger partial charge is 0.369 e. The number of aromatic amines is 1. The molecule has 1 fully saturated rings. The van der Waals surface area contributed by atoms with E-state index in [2.05, 4.69) is 15.3 Å². The maximum Gasteiger partial charge on any atom is 0.258 e. The Kier molecular flexibility index (Phi) is 3.57. The van der Waals surface area contributed by atoms with Gasteiger partial charge in [0.05, 0.1) is 17.0 Å². The molecule has 0 bridgehead atoms. The molecule has 0 saturated carbocycles. The van der Waals surface area contributed by atoms with Crippen molar-refractivity contribution in [2.24, 2.45) is 0 Å². The van der Waals surface area contributed by atoms with E-state index >= 15 is 0 Å². The molecule has 1 aliphatic heterocycles. The number of H-pyrrole nitrogens is 1. The summed E-state index contributed by atoms with van der Waals surface area (Å²) in [4.78, 5) is 19.1. The molecule has 5 heteroatoms. The summed E-state index contributed by atoms with van der Waals surface area (Å²) in [7, 11) is 0. The number of nitrogens with zero attached hydrogens (tertiary/aromatic N) is 1. The topological polar surface area (TPSA) is 67.0 Å². The Morgan fingerprint density at radius 3 is 3.11 bits per heavy atom. The van der Waals surface area contributed by atoms with Crippen molar-refractivity contribution in [3.8, 4) is 0 Å². The van der Waals surface area contributed by atoms with Gasteiger partial charge in [0.25, 0.3) is 5.56 Å². The van der Waals surface area contributed by atoms with Gasteiger partial charge in [-0.15, -0.1) is 0 Å². The van der Waals surface area contributed by atoms with E-state index in [0.29, 0.717) is 23.3 Å². The zero-order chi connectivity index (χ0) is 13.1. The van der Waals surface area contributed by atoms with Crippen LogP contribution in [0.5, 0.6) is 0 Å². The molecule has 0 radical (unpaired) electrons. The number of piperidine rings is 1. The third-order valence-corrected chi connectivity index (χ3v) is 3.37. The minimum absolute atomic E-state index is 0.106. The first-order valence-corrected chi connectivity index (χ1v) is 6.63. The van der Waals surface area contributed by atoms with E-state index < -0.39 is 0 Å². The van der Waals surface area contributed by atoms with E-state index in [4.69, 9.17) is 4.74 Å². The van der Waals surface area contributed by atoms with Gasteiger partial charge in [-0.1, -0.05) is 12.1 Å². The molecule has 100 valence electrons. The molecule has 2 N–H and O–H groups in total. The van der Waals surface area contributed by atoms with Crippen LogP contribution in [0.25, 0.3) is 10.9 Å². The van der Waals surface area contributed by atoms with E-state index in [9.17, 15) is 4.79 Å². The first-order chi connectivity index (χ1) is 9.33.